The molecule has 1 fully saturated rings. The van der Waals surface area contributed by atoms with E-state index in [0.29, 0.717) is 12.8 Å². The summed E-state index contributed by atoms with van der Waals surface area (Å²) in [6.07, 6.45) is 3.03. The molecule has 0 heterocycles. The van der Waals surface area contributed by atoms with Gasteiger partial charge in [0, 0.05) is 12.1 Å². The summed E-state index contributed by atoms with van der Waals surface area (Å²) in [5.74, 6) is -2.55. The van der Waals surface area contributed by atoms with Gasteiger partial charge >= 0.3 is 0 Å². The van der Waals surface area contributed by atoms with Crippen LogP contribution in [0.25, 0.3) is 0 Å². The highest BCUT2D eigenvalue weighted by molar-refractivity contribution is 5.94. The number of rotatable bonds is 3. The zero-order chi connectivity index (χ0) is 15.7. The van der Waals surface area contributed by atoms with Gasteiger partial charge in [0.15, 0.2) is 11.6 Å². The van der Waals surface area contributed by atoms with Gasteiger partial charge in [-0.15, -0.1) is 0 Å². The molecular formula is C16H21F2NO2. The molecule has 3 nitrogen and oxygen atoms in total. The molecule has 2 rings (SSSR count). The molecule has 1 aromatic rings. The Balaban J connectivity index is 1.93. The highest BCUT2D eigenvalue weighted by Gasteiger charge is 2.36. The van der Waals surface area contributed by atoms with Gasteiger partial charge in [-0.25, -0.2) is 8.78 Å². The quantitative estimate of drug-likeness (QED) is 0.901. The molecule has 2 N–H and O–H groups in total. The standard InChI is InChI=1S/C16H21F2NO2/c1-15(2)5-7-16(21,8-6-15)10-19-14(20)11-3-4-12(17)13(18)9-11/h3-4,9,21H,5-8,10H2,1-2H3,(H,19,20). The van der Waals surface area contributed by atoms with Crippen LogP contribution in [0, 0.1) is 17.0 Å². The van der Waals surface area contributed by atoms with Gasteiger partial charge in [0.05, 0.1) is 5.60 Å². The normalized spacial score (nSPS) is 20.0. The van der Waals surface area contributed by atoms with Crippen molar-refractivity contribution in [2.75, 3.05) is 6.54 Å². The summed E-state index contributed by atoms with van der Waals surface area (Å²) in [4.78, 5) is 11.9. The SMILES string of the molecule is CC1(C)CCC(O)(CNC(=O)c2ccc(F)c(F)c2)CC1. The van der Waals surface area contributed by atoms with E-state index in [9.17, 15) is 18.7 Å². The molecule has 116 valence electrons. The van der Waals surface area contributed by atoms with Crippen LogP contribution in [0.3, 0.4) is 0 Å². The largest absolute Gasteiger partial charge is 0.388 e. The molecule has 1 amide bonds. The fourth-order valence-electron chi connectivity index (χ4n) is 2.55. The Labute approximate surface area is 123 Å². The molecule has 1 aliphatic rings. The molecule has 0 aliphatic heterocycles. The number of benzene rings is 1. The van der Waals surface area contributed by atoms with Crippen molar-refractivity contribution < 1.29 is 18.7 Å². The first-order chi connectivity index (χ1) is 9.71. The summed E-state index contributed by atoms with van der Waals surface area (Å²) in [7, 11) is 0. The van der Waals surface area contributed by atoms with Crippen molar-refractivity contribution in [1.82, 2.24) is 5.32 Å². The second-order valence-electron chi connectivity index (χ2n) is 6.70. The monoisotopic (exact) mass is 297 g/mol. The molecule has 0 saturated heterocycles. The lowest BCUT2D eigenvalue weighted by atomic mass is 9.71. The van der Waals surface area contributed by atoms with Gasteiger partial charge in [0.25, 0.3) is 5.91 Å². The van der Waals surface area contributed by atoms with Crippen molar-refractivity contribution in [1.29, 1.82) is 0 Å². The molecule has 0 aromatic heterocycles. The number of carbonyl (C=O) groups excluding carboxylic acids is 1. The average molecular weight is 297 g/mol. The third-order valence-corrected chi connectivity index (χ3v) is 4.29. The molecule has 0 radical (unpaired) electrons. The van der Waals surface area contributed by atoms with E-state index in [1.807, 2.05) is 0 Å². The number of hydrogen-bond donors (Lipinski definition) is 2. The number of carbonyl (C=O) groups is 1. The highest BCUT2D eigenvalue weighted by atomic mass is 19.2. The van der Waals surface area contributed by atoms with Gasteiger partial charge in [-0.1, -0.05) is 13.8 Å². The molecule has 1 aromatic carbocycles. The summed E-state index contributed by atoms with van der Waals surface area (Å²) in [5.41, 5.74) is -0.645. The fraction of sp³-hybridized carbons (Fsp3) is 0.562. The predicted octanol–water partition coefficient (Wildman–Crippen LogP) is 3.03. The molecule has 1 aliphatic carbocycles. The van der Waals surface area contributed by atoms with E-state index >= 15 is 0 Å². The van der Waals surface area contributed by atoms with Crippen LogP contribution in [0.1, 0.15) is 49.9 Å². The van der Waals surface area contributed by atoms with Crippen LogP contribution in [-0.2, 0) is 0 Å². The Bertz CT molecular complexity index is 533. The van der Waals surface area contributed by atoms with Crippen molar-refractivity contribution in [2.45, 2.75) is 45.1 Å². The predicted molar refractivity (Wildman–Crippen MR) is 75.9 cm³/mol. The first kappa shape index (κ1) is 15.9. The maximum absolute atomic E-state index is 13.1. The second-order valence-corrected chi connectivity index (χ2v) is 6.70. The van der Waals surface area contributed by atoms with Crippen LogP contribution >= 0.6 is 0 Å². The number of amides is 1. The molecule has 0 unspecified atom stereocenters. The smallest absolute Gasteiger partial charge is 0.251 e. The molecule has 0 atom stereocenters. The fourth-order valence-corrected chi connectivity index (χ4v) is 2.55. The number of hydrogen-bond acceptors (Lipinski definition) is 2. The van der Waals surface area contributed by atoms with Crippen LogP contribution < -0.4 is 5.32 Å². The van der Waals surface area contributed by atoms with Crippen LogP contribution in [0.5, 0.6) is 0 Å². The minimum Gasteiger partial charge on any atom is -0.388 e. The van der Waals surface area contributed by atoms with Gasteiger partial charge in [-0.2, -0.15) is 0 Å². The van der Waals surface area contributed by atoms with E-state index in [-0.39, 0.29) is 17.5 Å². The molecule has 0 bridgehead atoms. The van der Waals surface area contributed by atoms with Crippen LogP contribution in [0.4, 0.5) is 8.78 Å². The van der Waals surface area contributed by atoms with E-state index in [4.69, 9.17) is 0 Å². The second kappa shape index (κ2) is 5.72. The van der Waals surface area contributed by atoms with Gasteiger partial charge in [-0.05, 0) is 49.3 Å². The van der Waals surface area contributed by atoms with E-state index in [1.54, 1.807) is 0 Å². The lowest BCUT2D eigenvalue weighted by Gasteiger charge is -2.40. The van der Waals surface area contributed by atoms with Gasteiger partial charge in [0.1, 0.15) is 0 Å². The Hall–Kier alpha value is -1.49. The summed E-state index contributed by atoms with van der Waals surface area (Å²) < 4.78 is 25.9. The van der Waals surface area contributed by atoms with Gasteiger partial charge in [0.2, 0.25) is 0 Å². The van der Waals surface area contributed by atoms with Crippen molar-refractivity contribution in [2.24, 2.45) is 5.41 Å². The maximum atomic E-state index is 13.1. The summed E-state index contributed by atoms with van der Waals surface area (Å²) in [5, 5.41) is 13.1. The van der Waals surface area contributed by atoms with Crippen molar-refractivity contribution >= 4 is 5.91 Å². The zero-order valence-electron chi connectivity index (χ0n) is 12.4. The van der Waals surface area contributed by atoms with Crippen LogP contribution in [-0.4, -0.2) is 23.2 Å². The van der Waals surface area contributed by atoms with Crippen LogP contribution in [0.2, 0.25) is 0 Å². The number of halogens is 2. The third-order valence-electron chi connectivity index (χ3n) is 4.29. The summed E-state index contributed by atoms with van der Waals surface area (Å²) in [6, 6.07) is 3.00. The first-order valence-corrected chi connectivity index (χ1v) is 7.17. The lowest BCUT2D eigenvalue weighted by molar-refractivity contribution is -0.0233. The Morgan fingerprint density at radius 3 is 2.38 bits per heavy atom. The maximum Gasteiger partial charge on any atom is 0.251 e. The Kier molecular flexibility index (Phi) is 4.33. The topological polar surface area (TPSA) is 49.3 Å². The van der Waals surface area contributed by atoms with E-state index in [2.05, 4.69) is 19.2 Å². The van der Waals surface area contributed by atoms with E-state index < -0.39 is 23.1 Å². The highest BCUT2D eigenvalue weighted by Crippen LogP contribution is 2.39. The van der Waals surface area contributed by atoms with Crippen molar-refractivity contribution in [3.8, 4) is 0 Å². The van der Waals surface area contributed by atoms with Gasteiger partial charge in [-0.3, -0.25) is 4.79 Å². The van der Waals surface area contributed by atoms with Crippen molar-refractivity contribution in [3.63, 3.8) is 0 Å². The first-order valence-electron chi connectivity index (χ1n) is 7.17. The summed E-state index contributed by atoms with van der Waals surface area (Å²) in [6.45, 7) is 4.44. The number of nitrogens with one attached hydrogen (secondary N) is 1. The minimum atomic E-state index is -1.05. The molecule has 0 spiro atoms. The lowest BCUT2D eigenvalue weighted by Crippen LogP contribution is -2.46. The van der Waals surface area contributed by atoms with Gasteiger partial charge < -0.3 is 10.4 Å². The molecular weight excluding hydrogens is 276 g/mol. The third kappa shape index (κ3) is 4.00. The van der Waals surface area contributed by atoms with Crippen molar-refractivity contribution in [3.05, 3.63) is 35.4 Å². The Morgan fingerprint density at radius 1 is 1.19 bits per heavy atom. The molecule has 1 saturated carbocycles. The molecule has 21 heavy (non-hydrogen) atoms. The Morgan fingerprint density at radius 2 is 1.81 bits per heavy atom. The number of aliphatic hydroxyl groups is 1. The van der Waals surface area contributed by atoms with E-state index in [0.717, 1.165) is 25.0 Å². The van der Waals surface area contributed by atoms with Crippen LogP contribution in [0.15, 0.2) is 18.2 Å². The zero-order valence-corrected chi connectivity index (χ0v) is 12.4. The minimum absolute atomic E-state index is 0.0497. The molecule has 5 heteroatoms. The summed E-state index contributed by atoms with van der Waals surface area (Å²) >= 11 is 0. The van der Waals surface area contributed by atoms with E-state index in [1.165, 1.54) is 6.07 Å². The average Bonchev–Trinajstić information content (AvgIpc) is 2.43.